The predicted molar refractivity (Wildman–Crippen MR) is 136 cm³/mol. The highest BCUT2D eigenvalue weighted by molar-refractivity contribution is 7.90. The van der Waals surface area contributed by atoms with Gasteiger partial charge < -0.3 is 10.2 Å². The van der Waals surface area contributed by atoms with E-state index in [1.54, 1.807) is 13.0 Å². The van der Waals surface area contributed by atoms with Gasteiger partial charge in [-0.25, -0.2) is 4.31 Å². The fraction of sp³-hybridized carbons (Fsp3) is 0.440. The predicted octanol–water partition coefficient (Wildman–Crippen LogP) is 2.78. The fourth-order valence-electron chi connectivity index (χ4n) is 3.67. The number of carbonyl (C=O) groups excluding carboxylic acids is 2. The molecule has 186 valence electrons. The third-order valence-corrected chi connectivity index (χ3v) is 7.56. The molecule has 0 radical (unpaired) electrons. The maximum Gasteiger partial charge on any atom is 0.304 e. The third-order valence-electron chi connectivity index (χ3n) is 5.76. The Kier molecular flexibility index (Phi) is 9.23. The van der Waals surface area contributed by atoms with E-state index >= 15 is 0 Å². The van der Waals surface area contributed by atoms with E-state index in [1.807, 2.05) is 57.2 Å². The van der Waals surface area contributed by atoms with Crippen LogP contribution in [-0.2, 0) is 26.3 Å². The lowest BCUT2D eigenvalue weighted by atomic mass is 10.1. The summed E-state index contributed by atoms with van der Waals surface area (Å²) in [6.45, 7) is 7.24. The van der Waals surface area contributed by atoms with Crippen LogP contribution in [0.5, 0.6) is 0 Å². The van der Waals surface area contributed by atoms with Gasteiger partial charge in [0.25, 0.3) is 0 Å². The molecule has 0 saturated heterocycles. The van der Waals surface area contributed by atoms with Gasteiger partial charge >= 0.3 is 10.2 Å². The first-order valence-corrected chi connectivity index (χ1v) is 12.7. The fourth-order valence-corrected chi connectivity index (χ4v) is 4.78. The number of hydrogen-bond acceptors (Lipinski definition) is 4. The molecule has 0 unspecified atom stereocenters. The van der Waals surface area contributed by atoms with Crippen LogP contribution in [0.3, 0.4) is 0 Å². The van der Waals surface area contributed by atoms with Crippen molar-refractivity contribution in [1.82, 2.24) is 14.5 Å². The quantitative estimate of drug-likeness (QED) is 0.557. The standard InChI is InChI=1S/C25H36N4O4S/c1-8-22(25(31)26-5)28(16-21-13-10-18(2)11-14-21)24(30)17-29(34(32,33)27(6)7)23-15-19(3)9-12-20(23)4/h9-15,22H,8,16-17H2,1-7H3,(H,26,31)/t22-/m1/s1. The Balaban J connectivity index is 2.54. The van der Waals surface area contributed by atoms with E-state index in [9.17, 15) is 18.0 Å². The molecular weight excluding hydrogens is 452 g/mol. The minimum atomic E-state index is -3.98. The lowest BCUT2D eigenvalue weighted by Gasteiger charge is -2.34. The van der Waals surface area contributed by atoms with Crippen molar-refractivity contribution in [3.05, 3.63) is 64.7 Å². The SMILES string of the molecule is CC[C@H](C(=O)NC)N(Cc1ccc(C)cc1)C(=O)CN(c1cc(C)ccc1C)S(=O)(=O)N(C)C. The van der Waals surface area contributed by atoms with E-state index in [1.165, 1.54) is 26.0 Å². The Hall–Kier alpha value is -2.91. The van der Waals surface area contributed by atoms with E-state index in [4.69, 9.17) is 0 Å². The van der Waals surface area contributed by atoms with Gasteiger partial charge in [-0.15, -0.1) is 0 Å². The van der Waals surface area contributed by atoms with Gasteiger partial charge in [0.1, 0.15) is 12.6 Å². The lowest BCUT2D eigenvalue weighted by Crippen LogP contribution is -2.53. The van der Waals surface area contributed by atoms with Crippen LogP contribution >= 0.6 is 0 Å². The number of hydrogen-bond donors (Lipinski definition) is 1. The van der Waals surface area contributed by atoms with Crippen molar-refractivity contribution >= 4 is 27.7 Å². The van der Waals surface area contributed by atoms with Crippen LogP contribution in [-0.4, -0.2) is 63.2 Å². The zero-order chi connectivity index (χ0) is 25.6. The van der Waals surface area contributed by atoms with Crippen molar-refractivity contribution in [3.8, 4) is 0 Å². The summed E-state index contributed by atoms with van der Waals surface area (Å²) in [7, 11) is 0.412. The molecule has 2 rings (SSSR count). The molecule has 0 fully saturated rings. The summed E-state index contributed by atoms with van der Waals surface area (Å²) < 4.78 is 28.8. The second-order valence-corrected chi connectivity index (χ2v) is 10.7. The molecule has 2 amide bonds. The summed E-state index contributed by atoms with van der Waals surface area (Å²) in [5, 5.41) is 2.62. The molecule has 1 atom stereocenters. The number of benzene rings is 2. The highest BCUT2D eigenvalue weighted by atomic mass is 32.2. The third kappa shape index (κ3) is 6.36. The Morgan fingerprint density at radius 1 is 0.971 bits per heavy atom. The van der Waals surface area contributed by atoms with Crippen molar-refractivity contribution in [2.45, 2.75) is 46.7 Å². The Morgan fingerprint density at radius 3 is 2.09 bits per heavy atom. The average Bonchev–Trinajstić information content (AvgIpc) is 2.79. The van der Waals surface area contributed by atoms with Gasteiger partial charge in [0, 0.05) is 27.7 Å². The summed E-state index contributed by atoms with van der Waals surface area (Å²) in [6, 6.07) is 12.4. The smallest absolute Gasteiger partial charge is 0.304 e. The molecule has 34 heavy (non-hydrogen) atoms. The molecule has 0 saturated carbocycles. The Labute approximate surface area is 203 Å². The van der Waals surface area contributed by atoms with Crippen molar-refractivity contribution in [2.75, 3.05) is 32.0 Å². The van der Waals surface area contributed by atoms with Crippen molar-refractivity contribution in [2.24, 2.45) is 0 Å². The maximum absolute atomic E-state index is 13.7. The first-order chi connectivity index (χ1) is 15.9. The number of likely N-dealkylation sites (N-methyl/N-ethyl adjacent to an activating group) is 1. The van der Waals surface area contributed by atoms with Gasteiger partial charge in [0.15, 0.2) is 0 Å². The molecule has 2 aromatic rings. The molecule has 0 heterocycles. The molecular formula is C25H36N4O4S. The number of rotatable bonds is 10. The number of amides is 2. The van der Waals surface area contributed by atoms with Gasteiger partial charge in [-0.05, 0) is 49.9 Å². The van der Waals surface area contributed by atoms with E-state index in [0.717, 1.165) is 30.9 Å². The van der Waals surface area contributed by atoms with Crippen LogP contribution in [0.15, 0.2) is 42.5 Å². The minimum absolute atomic E-state index is 0.188. The van der Waals surface area contributed by atoms with Crippen LogP contribution in [0.1, 0.15) is 35.6 Å². The Bertz CT molecular complexity index is 1110. The molecule has 0 aliphatic rings. The molecule has 0 aliphatic carbocycles. The number of nitrogens with zero attached hydrogens (tertiary/aromatic N) is 3. The van der Waals surface area contributed by atoms with Gasteiger partial charge in [-0.3, -0.25) is 9.59 Å². The Morgan fingerprint density at radius 2 is 1.56 bits per heavy atom. The summed E-state index contributed by atoms with van der Waals surface area (Å²) in [4.78, 5) is 27.8. The number of anilines is 1. The van der Waals surface area contributed by atoms with E-state index in [0.29, 0.717) is 12.1 Å². The molecule has 2 aromatic carbocycles. The van der Waals surface area contributed by atoms with Crippen molar-refractivity contribution in [3.63, 3.8) is 0 Å². The monoisotopic (exact) mass is 488 g/mol. The van der Waals surface area contributed by atoms with E-state index < -0.39 is 28.7 Å². The lowest BCUT2D eigenvalue weighted by molar-refractivity contribution is -0.140. The zero-order valence-corrected chi connectivity index (χ0v) is 21.9. The highest BCUT2D eigenvalue weighted by Crippen LogP contribution is 2.26. The van der Waals surface area contributed by atoms with Crippen LogP contribution < -0.4 is 9.62 Å². The second-order valence-electron chi connectivity index (χ2n) is 8.63. The van der Waals surface area contributed by atoms with Gasteiger partial charge in [-0.2, -0.15) is 12.7 Å². The molecule has 0 spiro atoms. The van der Waals surface area contributed by atoms with Crippen molar-refractivity contribution in [1.29, 1.82) is 0 Å². The molecule has 8 nitrogen and oxygen atoms in total. The normalized spacial score (nSPS) is 12.4. The first-order valence-electron chi connectivity index (χ1n) is 11.3. The maximum atomic E-state index is 13.7. The molecule has 0 bridgehead atoms. The molecule has 1 N–H and O–H groups in total. The molecule has 0 aromatic heterocycles. The molecule has 9 heteroatoms. The summed E-state index contributed by atoms with van der Waals surface area (Å²) >= 11 is 0. The second kappa shape index (κ2) is 11.5. The summed E-state index contributed by atoms with van der Waals surface area (Å²) in [6.07, 6.45) is 0.390. The number of nitrogens with one attached hydrogen (secondary N) is 1. The minimum Gasteiger partial charge on any atom is -0.357 e. The molecule has 0 aliphatic heterocycles. The van der Waals surface area contributed by atoms with Gasteiger partial charge in [0.05, 0.1) is 5.69 Å². The first kappa shape index (κ1) is 27.3. The van der Waals surface area contributed by atoms with Crippen LogP contribution in [0.25, 0.3) is 0 Å². The van der Waals surface area contributed by atoms with Gasteiger partial charge in [-0.1, -0.05) is 48.9 Å². The summed E-state index contributed by atoms with van der Waals surface area (Å²) in [5.74, 6) is -0.751. The van der Waals surface area contributed by atoms with Gasteiger partial charge in [0.2, 0.25) is 11.8 Å². The van der Waals surface area contributed by atoms with E-state index in [-0.39, 0.29) is 12.5 Å². The average molecular weight is 489 g/mol. The summed E-state index contributed by atoms with van der Waals surface area (Å²) in [5.41, 5.74) is 3.98. The number of aryl methyl sites for hydroxylation is 3. The highest BCUT2D eigenvalue weighted by Gasteiger charge is 2.34. The topological polar surface area (TPSA) is 90.0 Å². The zero-order valence-electron chi connectivity index (χ0n) is 21.1. The van der Waals surface area contributed by atoms with Crippen LogP contribution in [0.4, 0.5) is 5.69 Å². The van der Waals surface area contributed by atoms with Crippen LogP contribution in [0.2, 0.25) is 0 Å². The number of carbonyl (C=O) groups is 2. The van der Waals surface area contributed by atoms with Crippen molar-refractivity contribution < 1.29 is 18.0 Å². The van der Waals surface area contributed by atoms with E-state index in [2.05, 4.69) is 5.32 Å². The van der Waals surface area contributed by atoms with Crippen LogP contribution in [0, 0.1) is 20.8 Å². The largest absolute Gasteiger partial charge is 0.357 e.